The summed E-state index contributed by atoms with van der Waals surface area (Å²) in [6.07, 6.45) is -5.19. The Morgan fingerprint density at radius 3 is 2.37 bits per heavy atom. The molecule has 1 aliphatic rings. The normalized spacial score (nSPS) is 24.8. The number of carbonyl (C=O) groups excluding carboxylic acids is 1. The van der Waals surface area contributed by atoms with Gasteiger partial charge in [-0.2, -0.15) is 13.2 Å². The summed E-state index contributed by atoms with van der Waals surface area (Å²) >= 11 is 12.4. The lowest BCUT2D eigenvalue weighted by Crippen LogP contribution is -2.56. The fraction of sp³-hybridized carbons (Fsp3) is 0.444. The first kappa shape index (κ1) is 27.6. The Bertz CT molecular complexity index is 1040. The van der Waals surface area contributed by atoms with Crippen molar-refractivity contribution in [1.82, 2.24) is 4.90 Å². The predicted octanol–water partition coefficient (Wildman–Crippen LogP) is 7.72. The van der Waals surface area contributed by atoms with Crippen LogP contribution in [-0.2, 0) is 4.79 Å². The zero-order valence-electron chi connectivity index (χ0n) is 19.7. The van der Waals surface area contributed by atoms with E-state index in [2.05, 4.69) is 6.58 Å². The summed E-state index contributed by atoms with van der Waals surface area (Å²) in [5.74, 6) is -0.508. The van der Waals surface area contributed by atoms with Gasteiger partial charge in [-0.05, 0) is 54.7 Å². The lowest BCUT2D eigenvalue weighted by molar-refractivity contribution is -0.211. The molecule has 35 heavy (non-hydrogen) atoms. The Kier molecular flexibility index (Phi) is 8.61. The van der Waals surface area contributed by atoms with Crippen LogP contribution in [0, 0.1) is 5.41 Å². The van der Waals surface area contributed by atoms with Crippen LogP contribution < -0.4 is 0 Å². The van der Waals surface area contributed by atoms with Crippen LogP contribution in [0.1, 0.15) is 62.6 Å². The molecule has 2 aromatic rings. The van der Waals surface area contributed by atoms with E-state index in [0.29, 0.717) is 22.9 Å². The van der Waals surface area contributed by atoms with E-state index in [1.54, 1.807) is 48.2 Å². The van der Waals surface area contributed by atoms with Gasteiger partial charge in [-0.1, -0.05) is 67.4 Å². The molecule has 0 radical (unpaired) electrons. The third kappa shape index (κ3) is 6.04. The van der Waals surface area contributed by atoms with Crippen molar-refractivity contribution < 1.29 is 23.1 Å². The summed E-state index contributed by atoms with van der Waals surface area (Å²) in [6, 6.07) is 12.9. The van der Waals surface area contributed by atoms with Crippen LogP contribution in [0.3, 0.4) is 0 Å². The molecule has 2 aromatic carbocycles. The molecule has 0 spiro atoms. The minimum Gasteiger partial charge on any atom is -0.384 e. The summed E-state index contributed by atoms with van der Waals surface area (Å²) in [5.41, 5.74) is 0.763. The van der Waals surface area contributed by atoms with Gasteiger partial charge >= 0.3 is 6.18 Å². The zero-order chi connectivity index (χ0) is 26.0. The summed E-state index contributed by atoms with van der Waals surface area (Å²) in [6.45, 7) is 7.36. The fourth-order valence-electron chi connectivity index (χ4n) is 5.16. The van der Waals surface area contributed by atoms with Crippen molar-refractivity contribution in [2.24, 2.45) is 5.41 Å². The van der Waals surface area contributed by atoms with Gasteiger partial charge in [-0.25, -0.2) is 0 Å². The SMILES string of the molecule is C=CC[C@@]1(C)C[C@H](c2cccc(Cl)c2)C(c2ccc(Cl)cc2)N(C(CC)CC(O)C(F)(F)F)C1=O. The third-order valence-corrected chi connectivity index (χ3v) is 7.41. The Morgan fingerprint density at radius 2 is 1.83 bits per heavy atom. The molecule has 0 bridgehead atoms. The van der Waals surface area contributed by atoms with Gasteiger partial charge in [0.25, 0.3) is 0 Å². The van der Waals surface area contributed by atoms with Crippen LogP contribution >= 0.6 is 23.2 Å². The van der Waals surface area contributed by atoms with Crippen LogP contribution in [0.5, 0.6) is 0 Å². The average molecular weight is 528 g/mol. The standard InChI is InChI=1S/C27H30Cl2F3NO2/c1-4-13-26(3)16-22(18-7-6-8-20(29)14-18)24(17-9-11-19(28)12-10-17)33(25(26)35)21(5-2)15-23(34)27(30,31)32/h4,6-12,14,21-24,34H,1,5,13,15-16H2,2-3H3/t21?,22-,23?,24?,26+/m1/s1. The number of allylic oxidation sites excluding steroid dienone is 1. The van der Waals surface area contributed by atoms with Gasteiger partial charge in [0.15, 0.2) is 6.10 Å². The number of amides is 1. The first-order chi connectivity index (χ1) is 16.4. The van der Waals surface area contributed by atoms with Gasteiger partial charge in [0, 0.05) is 28.4 Å². The number of carbonyl (C=O) groups is 1. The molecule has 1 amide bonds. The number of alkyl halides is 3. The molecular weight excluding hydrogens is 498 g/mol. The Morgan fingerprint density at radius 1 is 1.17 bits per heavy atom. The Balaban J connectivity index is 2.21. The maximum absolute atomic E-state index is 14.0. The minimum absolute atomic E-state index is 0.245. The van der Waals surface area contributed by atoms with Gasteiger partial charge in [-0.3, -0.25) is 4.79 Å². The molecule has 1 aliphatic heterocycles. The second-order valence-corrected chi connectivity index (χ2v) is 10.4. The van der Waals surface area contributed by atoms with Crippen molar-refractivity contribution in [2.45, 2.75) is 69.8 Å². The number of piperidine rings is 1. The number of aliphatic hydroxyl groups excluding tert-OH is 1. The lowest BCUT2D eigenvalue weighted by atomic mass is 9.67. The smallest absolute Gasteiger partial charge is 0.384 e. The van der Waals surface area contributed by atoms with Crippen molar-refractivity contribution in [3.8, 4) is 0 Å². The van der Waals surface area contributed by atoms with Gasteiger partial charge in [0.1, 0.15) is 0 Å². The van der Waals surface area contributed by atoms with Crippen molar-refractivity contribution in [1.29, 1.82) is 0 Å². The van der Waals surface area contributed by atoms with Gasteiger partial charge in [0.2, 0.25) is 5.91 Å². The number of hydrogen-bond donors (Lipinski definition) is 1. The number of rotatable bonds is 8. The zero-order valence-corrected chi connectivity index (χ0v) is 21.2. The monoisotopic (exact) mass is 527 g/mol. The van der Waals surface area contributed by atoms with Crippen LogP contribution in [0.25, 0.3) is 0 Å². The maximum Gasteiger partial charge on any atom is 0.414 e. The molecule has 0 aromatic heterocycles. The second kappa shape index (κ2) is 10.9. The average Bonchev–Trinajstić information content (AvgIpc) is 2.79. The van der Waals surface area contributed by atoms with Gasteiger partial charge in [0.05, 0.1) is 11.5 Å². The largest absolute Gasteiger partial charge is 0.414 e. The molecule has 1 N–H and O–H groups in total. The summed E-state index contributed by atoms with van der Waals surface area (Å²) in [4.78, 5) is 15.6. The third-order valence-electron chi connectivity index (χ3n) is 6.92. The fourth-order valence-corrected chi connectivity index (χ4v) is 5.48. The molecule has 1 fully saturated rings. The van der Waals surface area contributed by atoms with E-state index < -0.39 is 36.2 Å². The maximum atomic E-state index is 14.0. The minimum atomic E-state index is -4.78. The van der Waals surface area contributed by atoms with E-state index in [0.717, 1.165) is 11.1 Å². The summed E-state index contributed by atoms with van der Waals surface area (Å²) < 4.78 is 40.0. The molecule has 1 heterocycles. The molecule has 3 nitrogen and oxygen atoms in total. The van der Waals surface area contributed by atoms with E-state index in [1.165, 1.54) is 0 Å². The molecule has 8 heteroatoms. The first-order valence-electron chi connectivity index (χ1n) is 11.6. The lowest BCUT2D eigenvalue weighted by Gasteiger charge is -2.52. The Labute approximate surface area is 214 Å². The van der Waals surface area contributed by atoms with Crippen molar-refractivity contribution in [3.05, 3.63) is 82.4 Å². The first-order valence-corrected chi connectivity index (χ1v) is 12.4. The van der Waals surface area contributed by atoms with Crippen LogP contribution in [-0.4, -0.2) is 34.2 Å². The highest BCUT2D eigenvalue weighted by Crippen LogP contribution is 2.52. The second-order valence-electron chi connectivity index (χ2n) is 9.48. The van der Waals surface area contributed by atoms with E-state index in [1.807, 2.05) is 25.1 Å². The van der Waals surface area contributed by atoms with Crippen molar-refractivity contribution >= 4 is 29.1 Å². The molecule has 3 unspecified atom stereocenters. The molecule has 1 saturated heterocycles. The summed E-state index contributed by atoms with van der Waals surface area (Å²) in [5, 5.41) is 11.0. The number of nitrogens with zero attached hydrogens (tertiary/aromatic N) is 1. The summed E-state index contributed by atoms with van der Waals surface area (Å²) in [7, 11) is 0. The van der Waals surface area contributed by atoms with Crippen LogP contribution in [0.15, 0.2) is 61.2 Å². The number of hydrogen-bond acceptors (Lipinski definition) is 2. The predicted molar refractivity (Wildman–Crippen MR) is 134 cm³/mol. The van der Waals surface area contributed by atoms with Gasteiger partial charge < -0.3 is 10.0 Å². The van der Waals surface area contributed by atoms with E-state index in [-0.39, 0.29) is 18.2 Å². The topological polar surface area (TPSA) is 40.5 Å². The molecular formula is C27H30Cl2F3NO2. The van der Waals surface area contributed by atoms with Gasteiger partial charge in [-0.15, -0.1) is 6.58 Å². The van der Waals surface area contributed by atoms with Crippen LogP contribution in [0.2, 0.25) is 10.0 Å². The number of benzene rings is 2. The van der Waals surface area contributed by atoms with Crippen molar-refractivity contribution in [3.63, 3.8) is 0 Å². The molecule has 0 saturated carbocycles. The number of halogens is 5. The van der Waals surface area contributed by atoms with E-state index in [9.17, 15) is 23.1 Å². The highest BCUT2D eigenvalue weighted by Gasteiger charge is 2.52. The molecule has 3 rings (SSSR count). The number of aliphatic hydroxyl groups is 1. The van der Waals surface area contributed by atoms with E-state index in [4.69, 9.17) is 23.2 Å². The Hall–Kier alpha value is -2.02. The van der Waals surface area contributed by atoms with E-state index >= 15 is 0 Å². The molecule has 0 aliphatic carbocycles. The van der Waals surface area contributed by atoms with Crippen LogP contribution in [0.4, 0.5) is 13.2 Å². The highest BCUT2D eigenvalue weighted by atomic mass is 35.5. The van der Waals surface area contributed by atoms with Crippen molar-refractivity contribution in [2.75, 3.05) is 0 Å². The quantitative estimate of drug-likeness (QED) is 0.357. The highest BCUT2D eigenvalue weighted by molar-refractivity contribution is 6.30. The molecule has 5 atom stereocenters. The number of likely N-dealkylation sites (tertiary alicyclic amines) is 1. The molecule has 190 valence electrons.